The quantitative estimate of drug-likeness (QED) is 0.488. The molecule has 0 aliphatic carbocycles. The molecule has 0 spiro atoms. The van der Waals surface area contributed by atoms with Gasteiger partial charge in [0.05, 0.1) is 35.9 Å². The number of hydrogen-bond acceptors (Lipinski definition) is 4. The number of aryl methyl sites for hydroxylation is 1. The second-order valence-corrected chi connectivity index (χ2v) is 7.63. The van der Waals surface area contributed by atoms with E-state index >= 15 is 0 Å². The fourth-order valence-corrected chi connectivity index (χ4v) is 4.16. The highest BCUT2D eigenvalue weighted by atomic mass is 16.5. The number of methoxy groups -OCH3 is 1. The first-order chi connectivity index (χ1) is 15.2. The molecule has 1 aliphatic rings. The van der Waals surface area contributed by atoms with Crippen molar-refractivity contribution in [3.63, 3.8) is 0 Å². The summed E-state index contributed by atoms with van der Waals surface area (Å²) in [5.41, 5.74) is 11.0. The highest BCUT2D eigenvalue weighted by molar-refractivity contribution is 6.02. The smallest absolute Gasteiger partial charge is 0.118 e. The van der Waals surface area contributed by atoms with E-state index in [4.69, 9.17) is 9.84 Å². The highest BCUT2D eigenvalue weighted by Gasteiger charge is 2.29. The molecule has 0 bridgehead atoms. The average Bonchev–Trinajstić information content (AvgIpc) is 3.45. The van der Waals surface area contributed by atoms with Crippen molar-refractivity contribution in [3.05, 3.63) is 102 Å². The number of hydrogen-bond donors (Lipinski definition) is 1. The Morgan fingerprint density at radius 3 is 2.23 bits per heavy atom. The summed E-state index contributed by atoms with van der Waals surface area (Å²) in [5.74, 6) is 0.846. The van der Waals surface area contributed by atoms with E-state index in [0.717, 1.165) is 46.1 Å². The molecule has 31 heavy (non-hydrogen) atoms. The van der Waals surface area contributed by atoms with Gasteiger partial charge in [-0.1, -0.05) is 48.5 Å². The van der Waals surface area contributed by atoms with Crippen LogP contribution in [0.3, 0.4) is 0 Å². The van der Waals surface area contributed by atoms with E-state index in [-0.39, 0.29) is 6.04 Å². The van der Waals surface area contributed by atoms with E-state index in [1.807, 2.05) is 41.1 Å². The molecule has 5 heteroatoms. The van der Waals surface area contributed by atoms with Gasteiger partial charge in [-0.05, 0) is 48.9 Å². The van der Waals surface area contributed by atoms with Crippen molar-refractivity contribution in [1.29, 1.82) is 0 Å². The summed E-state index contributed by atoms with van der Waals surface area (Å²) in [7, 11) is 1.68. The zero-order valence-corrected chi connectivity index (χ0v) is 17.6. The van der Waals surface area contributed by atoms with Gasteiger partial charge >= 0.3 is 0 Å². The summed E-state index contributed by atoms with van der Waals surface area (Å²) >= 11 is 0. The predicted octanol–water partition coefficient (Wildman–Crippen LogP) is 5.30. The predicted molar refractivity (Wildman–Crippen MR) is 124 cm³/mol. The van der Waals surface area contributed by atoms with Crippen molar-refractivity contribution in [1.82, 2.24) is 15.2 Å². The molecule has 0 saturated heterocycles. The first-order valence-corrected chi connectivity index (χ1v) is 10.4. The molecule has 0 radical (unpaired) electrons. The lowest BCUT2D eigenvalue weighted by atomic mass is 9.95. The summed E-state index contributed by atoms with van der Waals surface area (Å²) in [4.78, 5) is 0. The van der Waals surface area contributed by atoms with Gasteiger partial charge in [-0.2, -0.15) is 10.2 Å². The second-order valence-electron chi connectivity index (χ2n) is 7.63. The van der Waals surface area contributed by atoms with E-state index in [2.05, 4.69) is 66.0 Å². The van der Waals surface area contributed by atoms with Gasteiger partial charge in [0.25, 0.3) is 0 Å². The number of ether oxygens (including phenoxy) is 1. The summed E-state index contributed by atoms with van der Waals surface area (Å²) in [6.45, 7) is 2.08. The Kier molecular flexibility index (Phi) is 5.00. The van der Waals surface area contributed by atoms with Crippen LogP contribution in [0.15, 0.2) is 90.0 Å². The highest BCUT2D eigenvalue weighted by Crippen LogP contribution is 2.36. The molecule has 1 unspecified atom stereocenters. The molecule has 1 aromatic heterocycles. The molecule has 1 atom stereocenters. The van der Waals surface area contributed by atoms with Crippen LogP contribution in [-0.2, 0) is 0 Å². The number of benzene rings is 3. The van der Waals surface area contributed by atoms with E-state index in [9.17, 15) is 0 Å². The third-order valence-electron chi connectivity index (χ3n) is 5.68. The largest absolute Gasteiger partial charge is 0.497 e. The van der Waals surface area contributed by atoms with Gasteiger partial charge in [0, 0.05) is 17.5 Å². The van der Waals surface area contributed by atoms with E-state index < -0.39 is 0 Å². The normalized spacial score (nSPS) is 15.4. The Morgan fingerprint density at radius 1 is 0.871 bits per heavy atom. The average molecular weight is 409 g/mol. The standard InChI is InChI=1S/C26H24N4O/c1-18-25(24-17-23(27-28-24)19-13-15-22(31-2)16-14-19)26(20-9-5-3-6-10-20)30(29-18)21-11-7-4-8-12-21/h3-16,24,28H,17H2,1-2H3. The third kappa shape index (κ3) is 3.59. The zero-order valence-electron chi connectivity index (χ0n) is 17.6. The van der Waals surface area contributed by atoms with Crippen LogP contribution < -0.4 is 10.2 Å². The maximum Gasteiger partial charge on any atom is 0.118 e. The Morgan fingerprint density at radius 2 is 1.55 bits per heavy atom. The van der Waals surface area contributed by atoms with Crippen LogP contribution in [0.5, 0.6) is 5.75 Å². The Labute approximate surface area is 182 Å². The molecule has 2 heterocycles. The van der Waals surface area contributed by atoms with Gasteiger partial charge < -0.3 is 10.2 Å². The summed E-state index contributed by atoms with van der Waals surface area (Å²) in [5, 5.41) is 9.60. The number of nitrogens with zero attached hydrogens (tertiary/aromatic N) is 3. The summed E-state index contributed by atoms with van der Waals surface area (Å²) in [6, 6.07) is 28.8. The van der Waals surface area contributed by atoms with Crippen LogP contribution in [0.4, 0.5) is 0 Å². The minimum Gasteiger partial charge on any atom is -0.497 e. The Balaban J connectivity index is 1.55. The second kappa shape index (κ2) is 8.11. The van der Waals surface area contributed by atoms with Crippen LogP contribution in [0, 0.1) is 6.92 Å². The lowest BCUT2D eigenvalue weighted by Gasteiger charge is -2.15. The van der Waals surface area contributed by atoms with E-state index in [0.29, 0.717) is 0 Å². The third-order valence-corrected chi connectivity index (χ3v) is 5.68. The zero-order chi connectivity index (χ0) is 21.2. The lowest BCUT2D eigenvalue weighted by molar-refractivity contribution is 0.415. The molecular formula is C26H24N4O. The minimum atomic E-state index is 0.0600. The van der Waals surface area contributed by atoms with Gasteiger partial charge in [0.15, 0.2) is 0 Å². The van der Waals surface area contributed by atoms with Gasteiger partial charge in [-0.15, -0.1) is 0 Å². The van der Waals surface area contributed by atoms with Gasteiger partial charge in [-0.3, -0.25) is 0 Å². The molecule has 5 rings (SSSR count). The van der Waals surface area contributed by atoms with Crippen molar-refractivity contribution in [2.45, 2.75) is 19.4 Å². The molecule has 1 aliphatic heterocycles. The van der Waals surface area contributed by atoms with E-state index in [1.165, 1.54) is 5.56 Å². The summed E-state index contributed by atoms with van der Waals surface area (Å²) in [6.07, 6.45) is 0.799. The molecule has 0 fully saturated rings. The van der Waals surface area contributed by atoms with Gasteiger partial charge in [0.1, 0.15) is 5.75 Å². The molecule has 154 valence electrons. The van der Waals surface area contributed by atoms with Crippen LogP contribution in [0.25, 0.3) is 16.9 Å². The topological polar surface area (TPSA) is 51.4 Å². The van der Waals surface area contributed by atoms with Crippen molar-refractivity contribution in [2.24, 2.45) is 5.10 Å². The van der Waals surface area contributed by atoms with Crippen LogP contribution in [0.2, 0.25) is 0 Å². The van der Waals surface area contributed by atoms with Crippen LogP contribution >= 0.6 is 0 Å². The lowest BCUT2D eigenvalue weighted by Crippen LogP contribution is -2.12. The Bertz CT molecular complexity index is 1210. The fourth-order valence-electron chi connectivity index (χ4n) is 4.16. The fraction of sp³-hybridized carbons (Fsp3) is 0.154. The summed E-state index contributed by atoms with van der Waals surface area (Å²) < 4.78 is 7.33. The molecule has 1 N–H and O–H groups in total. The molecule has 3 aromatic carbocycles. The monoisotopic (exact) mass is 408 g/mol. The minimum absolute atomic E-state index is 0.0600. The maximum atomic E-state index is 5.28. The van der Waals surface area contributed by atoms with Crippen molar-refractivity contribution >= 4 is 5.71 Å². The molecule has 5 nitrogen and oxygen atoms in total. The number of aromatic nitrogens is 2. The number of para-hydroxylation sites is 1. The van der Waals surface area contributed by atoms with Crippen molar-refractivity contribution < 1.29 is 4.74 Å². The number of hydrazone groups is 1. The van der Waals surface area contributed by atoms with Crippen LogP contribution in [0.1, 0.15) is 29.3 Å². The number of rotatable bonds is 5. The molecule has 4 aromatic rings. The Hall–Kier alpha value is -3.86. The van der Waals surface area contributed by atoms with Crippen molar-refractivity contribution in [2.75, 3.05) is 7.11 Å². The molecular weight excluding hydrogens is 384 g/mol. The molecule has 0 saturated carbocycles. The maximum absolute atomic E-state index is 5.28. The van der Waals surface area contributed by atoms with Gasteiger partial charge in [0.2, 0.25) is 0 Å². The SMILES string of the molecule is COc1ccc(C2=NNC(c3c(C)nn(-c4ccccc4)c3-c3ccccc3)C2)cc1. The van der Waals surface area contributed by atoms with Gasteiger partial charge in [-0.25, -0.2) is 4.68 Å². The van der Waals surface area contributed by atoms with Crippen LogP contribution in [-0.4, -0.2) is 22.6 Å². The number of nitrogens with one attached hydrogen (secondary N) is 1. The van der Waals surface area contributed by atoms with Crippen molar-refractivity contribution in [3.8, 4) is 22.7 Å². The first-order valence-electron chi connectivity index (χ1n) is 10.4. The van der Waals surface area contributed by atoms with E-state index in [1.54, 1.807) is 7.11 Å². The first kappa shape index (κ1) is 19.1. The molecule has 0 amide bonds.